The largest absolute Gasteiger partial charge is 0.392 e. The topological polar surface area (TPSA) is 66.4 Å². The van der Waals surface area contributed by atoms with Gasteiger partial charge in [0.2, 0.25) is 10.0 Å². The predicted octanol–water partition coefficient (Wildman–Crippen LogP) is 2.03. The van der Waals surface area contributed by atoms with Crippen molar-refractivity contribution in [2.45, 2.75) is 37.3 Å². The fourth-order valence-corrected chi connectivity index (χ4v) is 3.66. The fourth-order valence-electron chi connectivity index (χ4n) is 2.00. The summed E-state index contributed by atoms with van der Waals surface area (Å²) in [5, 5.41) is 9.59. The third-order valence-electron chi connectivity index (χ3n) is 3.71. The maximum atomic E-state index is 13.4. The molecule has 0 aromatic heterocycles. The van der Waals surface area contributed by atoms with Gasteiger partial charge >= 0.3 is 0 Å². The Hall–Kier alpha value is -0.500. The van der Waals surface area contributed by atoms with E-state index in [2.05, 4.69) is 20.7 Å². The van der Waals surface area contributed by atoms with Gasteiger partial charge in [-0.15, -0.1) is 0 Å². The van der Waals surface area contributed by atoms with E-state index in [0.29, 0.717) is 6.42 Å². The highest BCUT2D eigenvalue weighted by Crippen LogP contribution is 2.41. The molecule has 0 radical (unpaired) electrons. The van der Waals surface area contributed by atoms with E-state index in [0.717, 1.165) is 6.07 Å². The Labute approximate surface area is 120 Å². The lowest BCUT2D eigenvalue weighted by atomic mass is 9.65. The Morgan fingerprint density at radius 3 is 2.58 bits per heavy atom. The summed E-state index contributed by atoms with van der Waals surface area (Å²) in [4.78, 5) is -0.120. The standard InChI is InChI=1S/C12H15BrFNO3S/c1-12(2)10(6-11(12)16)15-19(17,18)7-3-4-8(13)9(14)5-7/h3-5,10-11,15-16H,6H2,1-2H3. The summed E-state index contributed by atoms with van der Waals surface area (Å²) in [6.07, 6.45) is -0.160. The predicted molar refractivity (Wildman–Crippen MR) is 72.6 cm³/mol. The Balaban J connectivity index is 2.22. The molecule has 0 amide bonds. The molecule has 1 fully saturated rings. The van der Waals surface area contributed by atoms with Gasteiger partial charge in [-0.1, -0.05) is 13.8 Å². The molecule has 1 aromatic rings. The average Bonchev–Trinajstić information content (AvgIpc) is 2.32. The van der Waals surface area contributed by atoms with Crippen LogP contribution in [0.2, 0.25) is 0 Å². The third-order valence-corrected chi connectivity index (χ3v) is 5.83. The van der Waals surface area contributed by atoms with Gasteiger partial charge in [-0.25, -0.2) is 17.5 Å². The molecular weight excluding hydrogens is 337 g/mol. The minimum atomic E-state index is -3.78. The molecule has 1 aliphatic carbocycles. The molecular formula is C12H15BrFNO3S. The highest BCUT2D eigenvalue weighted by Gasteiger charge is 2.48. The molecule has 106 valence electrons. The minimum absolute atomic E-state index is 0.120. The summed E-state index contributed by atoms with van der Waals surface area (Å²) >= 11 is 2.97. The van der Waals surface area contributed by atoms with Crippen LogP contribution < -0.4 is 4.72 Å². The fraction of sp³-hybridized carbons (Fsp3) is 0.500. The van der Waals surface area contributed by atoms with E-state index in [9.17, 15) is 17.9 Å². The van der Waals surface area contributed by atoms with Crippen LogP contribution in [0.4, 0.5) is 4.39 Å². The first-order valence-electron chi connectivity index (χ1n) is 5.80. The zero-order valence-electron chi connectivity index (χ0n) is 10.5. The number of benzene rings is 1. The van der Waals surface area contributed by atoms with Crippen molar-refractivity contribution in [3.8, 4) is 0 Å². The van der Waals surface area contributed by atoms with Crippen LogP contribution in [0, 0.1) is 11.2 Å². The number of hydrogen-bond donors (Lipinski definition) is 2. The molecule has 2 rings (SSSR count). The van der Waals surface area contributed by atoms with E-state index < -0.39 is 27.4 Å². The van der Waals surface area contributed by atoms with Gasteiger partial charge in [-0.2, -0.15) is 0 Å². The van der Waals surface area contributed by atoms with Crippen LogP contribution in [0.5, 0.6) is 0 Å². The second kappa shape index (κ2) is 4.80. The van der Waals surface area contributed by atoms with Gasteiger partial charge in [0.15, 0.2) is 0 Å². The van der Waals surface area contributed by atoms with Crippen LogP contribution >= 0.6 is 15.9 Å². The van der Waals surface area contributed by atoms with E-state index in [1.807, 2.05) is 0 Å². The first kappa shape index (κ1) is 14.9. The quantitative estimate of drug-likeness (QED) is 0.875. The monoisotopic (exact) mass is 351 g/mol. The molecule has 0 aliphatic heterocycles. The smallest absolute Gasteiger partial charge is 0.240 e. The molecule has 4 nitrogen and oxygen atoms in total. The molecule has 0 saturated heterocycles. The molecule has 1 aromatic carbocycles. The van der Waals surface area contributed by atoms with Crippen molar-refractivity contribution in [3.05, 3.63) is 28.5 Å². The maximum absolute atomic E-state index is 13.4. The molecule has 2 N–H and O–H groups in total. The summed E-state index contributed by atoms with van der Waals surface area (Å²) in [5.74, 6) is -0.629. The number of aliphatic hydroxyl groups is 1. The molecule has 1 saturated carbocycles. The molecule has 0 heterocycles. The van der Waals surface area contributed by atoms with Gasteiger partial charge in [0, 0.05) is 11.5 Å². The van der Waals surface area contributed by atoms with Gasteiger partial charge in [0.1, 0.15) is 5.82 Å². The molecule has 0 spiro atoms. The van der Waals surface area contributed by atoms with Crippen LogP contribution in [-0.2, 0) is 10.0 Å². The first-order chi connectivity index (χ1) is 8.64. The molecule has 0 bridgehead atoms. The number of sulfonamides is 1. The SMILES string of the molecule is CC1(C)C(O)CC1NS(=O)(=O)c1ccc(Br)c(F)c1. The summed E-state index contributed by atoms with van der Waals surface area (Å²) in [6, 6.07) is 3.30. The second-order valence-corrected chi connectivity index (χ2v) is 7.89. The van der Waals surface area contributed by atoms with Crippen LogP contribution in [-0.4, -0.2) is 25.7 Å². The lowest BCUT2D eigenvalue weighted by Gasteiger charge is -2.49. The molecule has 2 unspecified atom stereocenters. The number of hydrogen-bond acceptors (Lipinski definition) is 3. The van der Waals surface area contributed by atoms with Gasteiger partial charge in [0.25, 0.3) is 0 Å². The van der Waals surface area contributed by atoms with Crippen molar-refractivity contribution in [2.24, 2.45) is 5.41 Å². The van der Waals surface area contributed by atoms with E-state index in [4.69, 9.17) is 0 Å². The zero-order valence-corrected chi connectivity index (χ0v) is 12.9. The van der Waals surface area contributed by atoms with Crippen LogP contribution in [0.15, 0.2) is 27.6 Å². The molecule has 7 heteroatoms. The number of halogens is 2. The Morgan fingerprint density at radius 1 is 1.47 bits per heavy atom. The Bertz CT molecular complexity index is 603. The van der Waals surface area contributed by atoms with Crippen molar-refractivity contribution < 1.29 is 17.9 Å². The lowest BCUT2D eigenvalue weighted by molar-refractivity contribution is -0.0645. The summed E-state index contributed by atoms with van der Waals surface area (Å²) in [6.45, 7) is 3.58. The summed E-state index contributed by atoms with van der Waals surface area (Å²) in [7, 11) is -3.78. The number of rotatable bonds is 3. The van der Waals surface area contributed by atoms with Gasteiger partial charge in [-0.3, -0.25) is 0 Å². The molecule has 19 heavy (non-hydrogen) atoms. The van der Waals surface area contributed by atoms with E-state index in [-0.39, 0.29) is 15.4 Å². The number of nitrogens with one attached hydrogen (secondary N) is 1. The maximum Gasteiger partial charge on any atom is 0.240 e. The van der Waals surface area contributed by atoms with Crippen LogP contribution in [0.25, 0.3) is 0 Å². The van der Waals surface area contributed by atoms with Gasteiger partial charge in [0.05, 0.1) is 15.5 Å². The highest BCUT2D eigenvalue weighted by atomic mass is 79.9. The summed E-state index contributed by atoms with van der Waals surface area (Å²) < 4.78 is 40.3. The van der Waals surface area contributed by atoms with Crippen molar-refractivity contribution in [3.63, 3.8) is 0 Å². The Morgan fingerprint density at radius 2 is 2.11 bits per heavy atom. The second-order valence-electron chi connectivity index (χ2n) is 5.32. The average molecular weight is 352 g/mol. The van der Waals surface area contributed by atoms with Crippen molar-refractivity contribution in [1.82, 2.24) is 4.72 Å². The zero-order chi connectivity index (χ0) is 14.4. The van der Waals surface area contributed by atoms with E-state index >= 15 is 0 Å². The van der Waals surface area contributed by atoms with Crippen LogP contribution in [0.1, 0.15) is 20.3 Å². The third kappa shape index (κ3) is 2.69. The normalized spacial score (nSPS) is 25.9. The van der Waals surface area contributed by atoms with Crippen LogP contribution in [0.3, 0.4) is 0 Å². The molecule has 1 aliphatic rings. The highest BCUT2D eigenvalue weighted by molar-refractivity contribution is 9.10. The van der Waals surface area contributed by atoms with Gasteiger partial charge in [-0.05, 0) is 40.5 Å². The lowest BCUT2D eigenvalue weighted by Crippen LogP contribution is -2.61. The first-order valence-corrected chi connectivity index (χ1v) is 8.07. The van der Waals surface area contributed by atoms with E-state index in [1.54, 1.807) is 13.8 Å². The van der Waals surface area contributed by atoms with Crippen molar-refractivity contribution in [1.29, 1.82) is 0 Å². The minimum Gasteiger partial charge on any atom is -0.392 e. The van der Waals surface area contributed by atoms with Gasteiger partial charge < -0.3 is 5.11 Å². The number of aliphatic hydroxyl groups excluding tert-OH is 1. The van der Waals surface area contributed by atoms with Crippen molar-refractivity contribution in [2.75, 3.05) is 0 Å². The summed E-state index contributed by atoms with van der Waals surface area (Å²) in [5.41, 5.74) is -0.513. The molecule has 2 atom stereocenters. The van der Waals surface area contributed by atoms with Crippen molar-refractivity contribution >= 4 is 26.0 Å². The van der Waals surface area contributed by atoms with E-state index in [1.165, 1.54) is 12.1 Å². The Kier molecular flexibility index (Phi) is 3.77.